The third-order valence-corrected chi connectivity index (χ3v) is 11.8. The fourth-order valence-electron chi connectivity index (χ4n) is 8.02. The van der Waals surface area contributed by atoms with E-state index in [9.17, 15) is 0 Å². The van der Waals surface area contributed by atoms with E-state index >= 15 is 0 Å². The highest BCUT2D eigenvalue weighted by atomic mass is 32.1. The van der Waals surface area contributed by atoms with Gasteiger partial charge in [-0.3, -0.25) is 0 Å². The number of hydrogen-bond acceptors (Lipinski definition) is 3. The average molecular weight is 700 g/mol. The molecule has 0 N–H and O–H groups in total. The van der Waals surface area contributed by atoms with Crippen LogP contribution in [0.2, 0.25) is 0 Å². The van der Waals surface area contributed by atoms with Crippen molar-refractivity contribution in [3.8, 4) is 22.3 Å². The molecule has 53 heavy (non-hydrogen) atoms. The number of nitrogens with zero attached hydrogens (tertiary/aromatic N) is 1. The Balaban J connectivity index is 1.34. The topological polar surface area (TPSA) is 16.4 Å². The van der Waals surface area contributed by atoms with Crippen LogP contribution in [0.25, 0.3) is 75.1 Å². The molecular formula is C50H37NOS. The van der Waals surface area contributed by atoms with E-state index in [1.165, 1.54) is 58.8 Å². The van der Waals surface area contributed by atoms with E-state index in [-0.39, 0.29) is 5.41 Å². The molecule has 10 aromatic rings. The zero-order valence-corrected chi connectivity index (χ0v) is 30.7. The Labute approximate surface area is 313 Å². The van der Waals surface area contributed by atoms with Crippen LogP contribution in [0.5, 0.6) is 0 Å². The normalized spacial score (nSPS) is 12.1. The third-order valence-electron chi connectivity index (χ3n) is 10.6. The van der Waals surface area contributed by atoms with Crippen molar-refractivity contribution in [2.75, 3.05) is 4.90 Å². The molecule has 0 amide bonds. The number of fused-ring (bicyclic) bond motifs is 7. The highest BCUT2D eigenvalue weighted by Gasteiger charge is 2.26. The molecule has 0 saturated heterocycles. The summed E-state index contributed by atoms with van der Waals surface area (Å²) in [5, 5.41) is 7.25. The molecule has 0 aliphatic rings. The molecule has 0 aliphatic carbocycles. The quantitative estimate of drug-likeness (QED) is 0.178. The van der Waals surface area contributed by atoms with Crippen LogP contribution in [0.1, 0.15) is 26.3 Å². The van der Waals surface area contributed by atoms with Gasteiger partial charge in [0.2, 0.25) is 0 Å². The molecule has 0 aliphatic heterocycles. The van der Waals surface area contributed by atoms with Crippen molar-refractivity contribution in [1.82, 2.24) is 0 Å². The Morgan fingerprint density at radius 3 is 2.04 bits per heavy atom. The SMILES string of the molecule is CC(C)(C)c1ccc(N(c2ccc3c(c2)oc2ccccc23)c2ccc3ccccc3c2-c2cccc3sc4ccccc4c23)c(-c2ccccc2)c1. The maximum absolute atomic E-state index is 6.55. The second-order valence-corrected chi connectivity index (χ2v) is 16.0. The molecule has 0 spiro atoms. The first-order valence-electron chi connectivity index (χ1n) is 18.3. The molecule has 0 atom stereocenters. The number of para-hydroxylation sites is 1. The lowest BCUT2D eigenvalue weighted by Gasteiger charge is -2.32. The fourth-order valence-corrected chi connectivity index (χ4v) is 9.15. The van der Waals surface area contributed by atoms with Crippen LogP contribution in [0.15, 0.2) is 174 Å². The lowest BCUT2D eigenvalue weighted by atomic mass is 9.84. The van der Waals surface area contributed by atoms with Gasteiger partial charge in [-0.25, -0.2) is 0 Å². The Morgan fingerprint density at radius 1 is 0.491 bits per heavy atom. The van der Waals surface area contributed by atoms with Crippen LogP contribution in [-0.2, 0) is 5.41 Å². The van der Waals surface area contributed by atoms with Gasteiger partial charge in [-0.2, -0.15) is 0 Å². The van der Waals surface area contributed by atoms with Crippen LogP contribution in [0, 0.1) is 0 Å². The van der Waals surface area contributed by atoms with E-state index in [4.69, 9.17) is 4.42 Å². The van der Waals surface area contributed by atoms with E-state index in [0.29, 0.717) is 0 Å². The molecule has 0 saturated carbocycles. The molecule has 2 nitrogen and oxygen atoms in total. The Morgan fingerprint density at radius 2 is 1.19 bits per heavy atom. The molecule has 0 unspecified atom stereocenters. The number of rotatable bonds is 5. The van der Waals surface area contributed by atoms with Crippen LogP contribution in [0.4, 0.5) is 17.1 Å². The molecule has 8 aromatic carbocycles. The van der Waals surface area contributed by atoms with E-state index in [1.807, 2.05) is 17.4 Å². The molecule has 0 bridgehead atoms. The number of hydrogen-bond donors (Lipinski definition) is 0. The monoisotopic (exact) mass is 699 g/mol. The summed E-state index contributed by atoms with van der Waals surface area (Å²) in [4.78, 5) is 2.47. The smallest absolute Gasteiger partial charge is 0.137 e. The maximum Gasteiger partial charge on any atom is 0.137 e. The van der Waals surface area contributed by atoms with Gasteiger partial charge < -0.3 is 9.32 Å². The van der Waals surface area contributed by atoms with Gasteiger partial charge in [0.25, 0.3) is 0 Å². The van der Waals surface area contributed by atoms with Crippen molar-refractivity contribution in [2.24, 2.45) is 0 Å². The van der Waals surface area contributed by atoms with Crippen molar-refractivity contribution in [1.29, 1.82) is 0 Å². The summed E-state index contributed by atoms with van der Waals surface area (Å²) in [5.74, 6) is 0. The third kappa shape index (κ3) is 5.23. The first-order chi connectivity index (χ1) is 25.9. The highest BCUT2D eigenvalue weighted by Crippen LogP contribution is 2.51. The van der Waals surface area contributed by atoms with Crippen molar-refractivity contribution in [3.05, 3.63) is 175 Å². The number of furan rings is 1. The van der Waals surface area contributed by atoms with Crippen LogP contribution >= 0.6 is 11.3 Å². The molecular weight excluding hydrogens is 663 g/mol. The molecule has 0 fully saturated rings. The van der Waals surface area contributed by atoms with Crippen LogP contribution in [-0.4, -0.2) is 0 Å². The summed E-state index contributed by atoms with van der Waals surface area (Å²) in [6, 6.07) is 61.9. The van der Waals surface area contributed by atoms with Crippen LogP contribution in [0.3, 0.4) is 0 Å². The molecule has 254 valence electrons. The number of benzene rings is 8. The van der Waals surface area contributed by atoms with Crippen LogP contribution < -0.4 is 4.90 Å². The molecule has 2 aromatic heterocycles. The van der Waals surface area contributed by atoms with E-state index in [1.54, 1.807) is 0 Å². The highest BCUT2D eigenvalue weighted by molar-refractivity contribution is 7.25. The van der Waals surface area contributed by atoms with Gasteiger partial charge in [-0.05, 0) is 81.4 Å². The summed E-state index contributed by atoms with van der Waals surface area (Å²) in [6.45, 7) is 6.87. The Kier molecular flexibility index (Phi) is 7.28. The lowest BCUT2D eigenvalue weighted by Crippen LogP contribution is -2.15. The standard InChI is InChI=1S/C50H37NOS/c1-50(2,3)34-25-29-42(41(30-34)32-14-5-4-6-15-32)51(35-26-27-38-37-18-9-11-21-44(37)52-45(38)31-35)43-28-24-33-16-7-8-17-36(33)48(43)40-20-13-23-47-49(40)39-19-10-12-22-46(39)53-47/h4-31H,1-3H3. The van der Waals surface area contributed by atoms with Crippen molar-refractivity contribution in [3.63, 3.8) is 0 Å². The minimum atomic E-state index is -0.0240. The van der Waals surface area contributed by atoms with E-state index < -0.39 is 0 Å². The van der Waals surface area contributed by atoms with Gasteiger partial charge in [0, 0.05) is 53.8 Å². The fraction of sp³-hybridized carbons (Fsp3) is 0.0800. The number of anilines is 3. The minimum absolute atomic E-state index is 0.0240. The van der Waals surface area contributed by atoms with Crippen molar-refractivity contribution >= 4 is 81.3 Å². The Bertz CT molecular complexity index is 3000. The van der Waals surface area contributed by atoms with Crippen molar-refractivity contribution < 1.29 is 4.42 Å². The zero-order valence-electron chi connectivity index (χ0n) is 29.9. The molecule has 3 heteroatoms. The molecule has 10 rings (SSSR count). The predicted molar refractivity (Wildman–Crippen MR) is 228 cm³/mol. The van der Waals surface area contributed by atoms with Gasteiger partial charge in [0.05, 0.1) is 11.4 Å². The van der Waals surface area contributed by atoms with E-state index in [2.05, 4.69) is 189 Å². The average Bonchev–Trinajstić information content (AvgIpc) is 3.76. The van der Waals surface area contributed by atoms with E-state index in [0.717, 1.165) is 39.0 Å². The summed E-state index contributed by atoms with van der Waals surface area (Å²) >= 11 is 1.86. The first kappa shape index (κ1) is 31.6. The van der Waals surface area contributed by atoms with Gasteiger partial charge in [0.15, 0.2) is 0 Å². The van der Waals surface area contributed by atoms with Crippen molar-refractivity contribution in [2.45, 2.75) is 26.2 Å². The summed E-state index contributed by atoms with van der Waals surface area (Å²) in [5.41, 5.74) is 11.1. The van der Waals surface area contributed by atoms with Gasteiger partial charge in [0.1, 0.15) is 11.2 Å². The summed E-state index contributed by atoms with van der Waals surface area (Å²) < 4.78 is 9.14. The minimum Gasteiger partial charge on any atom is -0.456 e. The summed E-state index contributed by atoms with van der Waals surface area (Å²) in [6.07, 6.45) is 0. The predicted octanol–water partition coefficient (Wildman–Crippen LogP) is 15.2. The summed E-state index contributed by atoms with van der Waals surface area (Å²) in [7, 11) is 0. The first-order valence-corrected chi connectivity index (χ1v) is 19.1. The zero-order chi connectivity index (χ0) is 35.7. The second-order valence-electron chi connectivity index (χ2n) is 14.9. The second kappa shape index (κ2) is 12.2. The Hall–Kier alpha value is -6.16. The molecule has 2 heterocycles. The maximum atomic E-state index is 6.55. The van der Waals surface area contributed by atoms with Gasteiger partial charge >= 0.3 is 0 Å². The lowest BCUT2D eigenvalue weighted by molar-refractivity contribution is 0.590. The number of thiophene rings is 1. The largest absolute Gasteiger partial charge is 0.456 e. The van der Waals surface area contributed by atoms with Gasteiger partial charge in [-0.1, -0.05) is 136 Å². The molecule has 0 radical (unpaired) electrons. The van der Waals surface area contributed by atoms with Gasteiger partial charge in [-0.15, -0.1) is 11.3 Å².